The van der Waals surface area contributed by atoms with Gasteiger partial charge < -0.3 is 10.2 Å². The summed E-state index contributed by atoms with van der Waals surface area (Å²) in [4.78, 5) is 2.20. The molecule has 0 aliphatic carbocycles. The Balaban J connectivity index is 1.75. The maximum absolute atomic E-state index is 13.0. The Morgan fingerprint density at radius 3 is 2.60 bits per heavy atom. The minimum absolute atomic E-state index is 0.218. The monoisotopic (exact) mass is 292 g/mol. The lowest BCUT2D eigenvalue weighted by molar-refractivity contribution is 0.340. The molecular formula is C16H18ClFN2. The number of nitrogens with one attached hydrogen (secondary N) is 1. The molecule has 0 radical (unpaired) electrons. The van der Waals surface area contributed by atoms with Crippen LogP contribution in [0, 0.1) is 5.82 Å². The number of nitrogens with zero attached hydrogens (tertiary/aromatic N) is 1. The third-order valence-corrected chi connectivity index (χ3v) is 3.26. The van der Waals surface area contributed by atoms with Gasteiger partial charge in [-0.1, -0.05) is 29.8 Å². The molecule has 0 saturated heterocycles. The van der Waals surface area contributed by atoms with E-state index in [4.69, 9.17) is 11.6 Å². The Labute approximate surface area is 124 Å². The molecule has 2 aromatic rings. The molecule has 2 aromatic carbocycles. The second-order valence-electron chi connectivity index (χ2n) is 4.80. The van der Waals surface area contributed by atoms with Gasteiger partial charge in [0.2, 0.25) is 0 Å². The highest BCUT2D eigenvalue weighted by molar-refractivity contribution is 6.30. The van der Waals surface area contributed by atoms with Gasteiger partial charge >= 0.3 is 0 Å². The molecule has 0 saturated carbocycles. The topological polar surface area (TPSA) is 15.3 Å². The quantitative estimate of drug-likeness (QED) is 0.865. The molecule has 0 aliphatic rings. The van der Waals surface area contributed by atoms with Crippen molar-refractivity contribution in [1.82, 2.24) is 4.90 Å². The third-order valence-electron chi connectivity index (χ3n) is 3.01. The van der Waals surface area contributed by atoms with Crippen LogP contribution in [0.1, 0.15) is 5.56 Å². The summed E-state index contributed by atoms with van der Waals surface area (Å²) in [5, 5.41) is 3.96. The summed E-state index contributed by atoms with van der Waals surface area (Å²) in [6, 6.07) is 14.4. The molecule has 0 amide bonds. The van der Waals surface area contributed by atoms with E-state index in [1.54, 1.807) is 6.07 Å². The van der Waals surface area contributed by atoms with Crippen LogP contribution >= 0.6 is 11.6 Å². The zero-order valence-electron chi connectivity index (χ0n) is 11.4. The molecule has 20 heavy (non-hydrogen) atoms. The van der Waals surface area contributed by atoms with Crippen molar-refractivity contribution in [2.75, 3.05) is 25.5 Å². The second kappa shape index (κ2) is 7.27. The van der Waals surface area contributed by atoms with E-state index in [0.29, 0.717) is 0 Å². The normalized spacial score (nSPS) is 10.8. The van der Waals surface area contributed by atoms with Gasteiger partial charge in [0.25, 0.3) is 0 Å². The van der Waals surface area contributed by atoms with Crippen LogP contribution in [0.2, 0.25) is 5.02 Å². The predicted octanol–water partition coefficient (Wildman–Crippen LogP) is 4.02. The average molecular weight is 293 g/mol. The van der Waals surface area contributed by atoms with Gasteiger partial charge in [0.1, 0.15) is 5.82 Å². The minimum atomic E-state index is -0.218. The fraction of sp³-hybridized carbons (Fsp3) is 0.250. The fourth-order valence-corrected chi connectivity index (χ4v) is 2.10. The molecule has 0 bridgehead atoms. The summed E-state index contributed by atoms with van der Waals surface area (Å²) in [6.07, 6.45) is 0. The molecule has 0 fully saturated rings. The van der Waals surface area contributed by atoms with E-state index >= 15 is 0 Å². The summed E-state index contributed by atoms with van der Waals surface area (Å²) in [7, 11) is 2.06. The van der Waals surface area contributed by atoms with Crippen molar-refractivity contribution in [3.63, 3.8) is 0 Å². The standard InChI is InChI=1S/C16H18ClFN2/c1-20(12-13-5-7-14(17)8-6-13)10-9-19-16-4-2-3-15(18)11-16/h2-8,11,19H,9-10,12H2,1H3. The van der Waals surface area contributed by atoms with Gasteiger partial charge in [-0.05, 0) is 42.9 Å². The van der Waals surface area contributed by atoms with E-state index in [1.807, 2.05) is 30.3 Å². The number of hydrogen-bond acceptors (Lipinski definition) is 2. The largest absolute Gasteiger partial charge is 0.384 e. The van der Waals surface area contributed by atoms with Gasteiger partial charge in [-0.15, -0.1) is 0 Å². The first-order chi connectivity index (χ1) is 9.63. The number of halogens is 2. The van der Waals surface area contributed by atoms with Crippen LogP contribution in [0.4, 0.5) is 10.1 Å². The van der Waals surface area contributed by atoms with Crippen LogP contribution in [-0.4, -0.2) is 25.0 Å². The molecule has 4 heteroatoms. The van der Waals surface area contributed by atoms with Crippen LogP contribution < -0.4 is 5.32 Å². The number of rotatable bonds is 6. The molecule has 0 heterocycles. The number of anilines is 1. The summed E-state index contributed by atoms with van der Waals surface area (Å²) >= 11 is 5.86. The van der Waals surface area contributed by atoms with Gasteiger partial charge in [0.05, 0.1) is 0 Å². The average Bonchev–Trinajstić information content (AvgIpc) is 2.41. The SMILES string of the molecule is CN(CCNc1cccc(F)c1)Cc1ccc(Cl)cc1. The molecule has 0 unspecified atom stereocenters. The summed E-state index contributed by atoms with van der Waals surface area (Å²) in [5.74, 6) is -0.218. The summed E-state index contributed by atoms with van der Waals surface area (Å²) in [5.41, 5.74) is 2.03. The molecule has 1 N–H and O–H groups in total. The smallest absolute Gasteiger partial charge is 0.125 e. The van der Waals surface area contributed by atoms with Crippen molar-refractivity contribution >= 4 is 17.3 Å². The highest BCUT2D eigenvalue weighted by Crippen LogP contribution is 2.11. The van der Waals surface area contributed by atoms with E-state index in [1.165, 1.54) is 17.7 Å². The van der Waals surface area contributed by atoms with Gasteiger partial charge in [0.15, 0.2) is 0 Å². The van der Waals surface area contributed by atoms with Crippen molar-refractivity contribution < 1.29 is 4.39 Å². The predicted molar refractivity (Wildman–Crippen MR) is 82.7 cm³/mol. The van der Waals surface area contributed by atoms with Gasteiger partial charge in [-0.2, -0.15) is 0 Å². The first kappa shape index (κ1) is 14.8. The highest BCUT2D eigenvalue weighted by atomic mass is 35.5. The number of likely N-dealkylation sites (N-methyl/N-ethyl adjacent to an activating group) is 1. The van der Waals surface area contributed by atoms with Crippen LogP contribution in [-0.2, 0) is 6.54 Å². The van der Waals surface area contributed by atoms with Crippen molar-refractivity contribution in [2.24, 2.45) is 0 Å². The van der Waals surface area contributed by atoms with Crippen molar-refractivity contribution in [2.45, 2.75) is 6.54 Å². The van der Waals surface area contributed by atoms with Crippen molar-refractivity contribution in [3.05, 3.63) is 64.9 Å². The minimum Gasteiger partial charge on any atom is -0.384 e. The van der Waals surface area contributed by atoms with E-state index in [0.717, 1.165) is 30.3 Å². The summed E-state index contributed by atoms with van der Waals surface area (Å²) in [6.45, 7) is 2.51. The first-order valence-corrected chi connectivity index (χ1v) is 6.94. The van der Waals surface area contributed by atoms with Crippen LogP contribution in [0.25, 0.3) is 0 Å². The lowest BCUT2D eigenvalue weighted by Gasteiger charge is -2.17. The Hall–Kier alpha value is -1.58. The van der Waals surface area contributed by atoms with Crippen LogP contribution in [0.15, 0.2) is 48.5 Å². The second-order valence-corrected chi connectivity index (χ2v) is 5.24. The zero-order chi connectivity index (χ0) is 14.4. The Morgan fingerprint density at radius 2 is 1.90 bits per heavy atom. The van der Waals surface area contributed by atoms with E-state index < -0.39 is 0 Å². The molecule has 106 valence electrons. The van der Waals surface area contributed by atoms with Crippen molar-refractivity contribution in [3.8, 4) is 0 Å². The van der Waals surface area contributed by atoms with Crippen LogP contribution in [0.3, 0.4) is 0 Å². The van der Waals surface area contributed by atoms with E-state index in [2.05, 4.69) is 17.3 Å². The van der Waals surface area contributed by atoms with Gasteiger partial charge in [0, 0.05) is 30.3 Å². The zero-order valence-corrected chi connectivity index (χ0v) is 12.2. The maximum Gasteiger partial charge on any atom is 0.125 e. The van der Waals surface area contributed by atoms with E-state index in [9.17, 15) is 4.39 Å². The van der Waals surface area contributed by atoms with Gasteiger partial charge in [-0.25, -0.2) is 4.39 Å². The molecule has 0 atom stereocenters. The number of hydrogen-bond donors (Lipinski definition) is 1. The highest BCUT2D eigenvalue weighted by Gasteiger charge is 2.01. The maximum atomic E-state index is 13.0. The fourth-order valence-electron chi connectivity index (χ4n) is 1.97. The molecule has 2 nitrogen and oxygen atoms in total. The third kappa shape index (κ3) is 4.83. The first-order valence-electron chi connectivity index (χ1n) is 6.56. The van der Waals surface area contributed by atoms with Gasteiger partial charge in [-0.3, -0.25) is 0 Å². The van der Waals surface area contributed by atoms with Crippen molar-refractivity contribution in [1.29, 1.82) is 0 Å². The number of benzene rings is 2. The molecule has 0 spiro atoms. The molecule has 2 rings (SSSR count). The lowest BCUT2D eigenvalue weighted by atomic mass is 10.2. The summed E-state index contributed by atoms with van der Waals surface area (Å²) < 4.78 is 13.0. The van der Waals surface area contributed by atoms with Crippen LogP contribution in [0.5, 0.6) is 0 Å². The van der Waals surface area contributed by atoms with E-state index in [-0.39, 0.29) is 5.82 Å². The Kier molecular flexibility index (Phi) is 5.39. The molecule has 0 aromatic heterocycles. The Bertz CT molecular complexity index is 542. The molecular weight excluding hydrogens is 275 g/mol. The molecule has 0 aliphatic heterocycles. The lowest BCUT2D eigenvalue weighted by Crippen LogP contribution is -2.24. The Morgan fingerprint density at radius 1 is 1.15 bits per heavy atom.